The normalized spacial score (nSPS) is 10.4. The SMILES string of the molecule is O=C(O)CCc1cc(-c2cccs2)on1. The maximum absolute atomic E-state index is 10.4. The number of hydrogen-bond donors (Lipinski definition) is 1. The fourth-order valence-corrected chi connectivity index (χ4v) is 1.87. The van der Waals surface area contributed by atoms with Crippen LogP contribution in [0, 0.1) is 0 Å². The molecule has 0 saturated carbocycles. The number of carboxylic acid groups (broad SMARTS) is 1. The number of rotatable bonds is 4. The molecule has 0 fully saturated rings. The van der Waals surface area contributed by atoms with Gasteiger partial charge in [0.2, 0.25) is 0 Å². The molecule has 2 aromatic rings. The van der Waals surface area contributed by atoms with Crippen molar-refractivity contribution in [3.8, 4) is 10.6 Å². The Kier molecular flexibility index (Phi) is 2.82. The Labute approximate surface area is 90.1 Å². The van der Waals surface area contributed by atoms with Gasteiger partial charge in [-0.2, -0.15) is 0 Å². The Hall–Kier alpha value is -1.62. The standard InChI is InChI=1S/C10H9NO3S/c12-10(13)4-3-7-6-8(14-11-7)9-2-1-5-15-9/h1-2,5-6H,3-4H2,(H,12,13). The van der Waals surface area contributed by atoms with E-state index in [1.54, 1.807) is 17.4 Å². The molecule has 0 aliphatic heterocycles. The Bertz CT molecular complexity index is 447. The second-order valence-electron chi connectivity index (χ2n) is 3.05. The van der Waals surface area contributed by atoms with Gasteiger partial charge in [-0.1, -0.05) is 11.2 Å². The van der Waals surface area contributed by atoms with E-state index in [1.165, 1.54) is 0 Å². The fourth-order valence-electron chi connectivity index (χ4n) is 1.20. The van der Waals surface area contributed by atoms with Gasteiger partial charge >= 0.3 is 5.97 Å². The van der Waals surface area contributed by atoms with Crippen LogP contribution in [-0.4, -0.2) is 16.2 Å². The Morgan fingerprint density at radius 3 is 3.13 bits per heavy atom. The van der Waals surface area contributed by atoms with Crippen LogP contribution in [0.15, 0.2) is 28.1 Å². The van der Waals surface area contributed by atoms with E-state index in [0.29, 0.717) is 17.9 Å². The van der Waals surface area contributed by atoms with E-state index >= 15 is 0 Å². The van der Waals surface area contributed by atoms with Gasteiger partial charge in [-0.3, -0.25) is 4.79 Å². The third kappa shape index (κ3) is 2.44. The maximum atomic E-state index is 10.4. The summed E-state index contributed by atoms with van der Waals surface area (Å²) in [5.41, 5.74) is 0.681. The summed E-state index contributed by atoms with van der Waals surface area (Å²) in [5, 5.41) is 14.3. The first-order valence-electron chi connectivity index (χ1n) is 4.47. The molecule has 5 heteroatoms. The van der Waals surface area contributed by atoms with E-state index in [2.05, 4.69) is 5.16 Å². The van der Waals surface area contributed by atoms with Crippen molar-refractivity contribution in [1.82, 2.24) is 5.16 Å². The van der Waals surface area contributed by atoms with E-state index in [9.17, 15) is 4.79 Å². The lowest BCUT2D eigenvalue weighted by Gasteiger charge is -1.87. The number of hydrogen-bond acceptors (Lipinski definition) is 4. The van der Waals surface area contributed by atoms with E-state index < -0.39 is 5.97 Å². The molecule has 0 aliphatic carbocycles. The lowest BCUT2D eigenvalue weighted by Crippen LogP contribution is -1.97. The highest BCUT2D eigenvalue weighted by Crippen LogP contribution is 2.25. The van der Waals surface area contributed by atoms with Crippen molar-refractivity contribution in [1.29, 1.82) is 0 Å². The van der Waals surface area contributed by atoms with E-state index in [4.69, 9.17) is 9.63 Å². The van der Waals surface area contributed by atoms with Gasteiger partial charge in [0.1, 0.15) is 0 Å². The van der Waals surface area contributed by atoms with E-state index in [0.717, 1.165) is 4.88 Å². The molecule has 0 aromatic carbocycles. The van der Waals surface area contributed by atoms with Crippen LogP contribution in [0.2, 0.25) is 0 Å². The van der Waals surface area contributed by atoms with Gasteiger partial charge in [0, 0.05) is 12.5 Å². The quantitative estimate of drug-likeness (QED) is 0.864. The molecule has 2 aromatic heterocycles. The summed E-state index contributed by atoms with van der Waals surface area (Å²) in [4.78, 5) is 11.4. The number of carbonyl (C=O) groups is 1. The molecule has 0 radical (unpaired) electrons. The van der Waals surface area contributed by atoms with Crippen LogP contribution in [0.4, 0.5) is 0 Å². The van der Waals surface area contributed by atoms with Crippen LogP contribution in [0.25, 0.3) is 10.6 Å². The molecule has 0 unspecified atom stereocenters. The van der Waals surface area contributed by atoms with Crippen molar-refractivity contribution >= 4 is 17.3 Å². The number of aliphatic carboxylic acids is 1. The van der Waals surface area contributed by atoms with Crippen molar-refractivity contribution in [2.45, 2.75) is 12.8 Å². The molecule has 2 rings (SSSR count). The van der Waals surface area contributed by atoms with E-state index in [-0.39, 0.29) is 6.42 Å². The predicted octanol–water partition coefficient (Wildman–Crippen LogP) is 2.42. The third-order valence-corrected chi connectivity index (χ3v) is 2.80. The van der Waals surface area contributed by atoms with Crippen LogP contribution in [0.5, 0.6) is 0 Å². The molecule has 78 valence electrons. The average Bonchev–Trinajstić information content (AvgIpc) is 2.85. The number of nitrogens with zero attached hydrogens (tertiary/aromatic N) is 1. The minimum atomic E-state index is -0.823. The van der Waals surface area contributed by atoms with Crippen LogP contribution in [0.3, 0.4) is 0 Å². The molecule has 0 saturated heterocycles. The molecular formula is C10H9NO3S. The molecule has 0 aliphatic rings. The Morgan fingerprint density at radius 2 is 2.47 bits per heavy atom. The van der Waals surface area contributed by atoms with Gasteiger partial charge in [-0.05, 0) is 11.4 Å². The van der Waals surface area contributed by atoms with Gasteiger partial charge < -0.3 is 9.63 Å². The molecule has 0 spiro atoms. The highest BCUT2D eigenvalue weighted by Gasteiger charge is 2.08. The fraction of sp³-hybridized carbons (Fsp3) is 0.200. The smallest absolute Gasteiger partial charge is 0.303 e. The zero-order chi connectivity index (χ0) is 10.7. The lowest BCUT2D eigenvalue weighted by molar-refractivity contribution is -0.136. The summed E-state index contributed by atoms with van der Waals surface area (Å²) in [6.45, 7) is 0. The molecular weight excluding hydrogens is 214 g/mol. The summed E-state index contributed by atoms with van der Waals surface area (Å²) in [6, 6.07) is 5.65. The second kappa shape index (κ2) is 4.27. The summed E-state index contributed by atoms with van der Waals surface area (Å²) in [7, 11) is 0. The molecule has 0 atom stereocenters. The van der Waals surface area contributed by atoms with Crippen molar-refractivity contribution < 1.29 is 14.4 Å². The van der Waals surface area contributed by atoms with Crippen molar-refractivity contribution in [3.63, 3.8) is 0 Å². The van der Waals surface area contributed by atoms with Crippen molar-refractivity contribution in [2.24, 2.45) is 0 Å². The summed E-state index contributed by atoms with van der Waals surface area (Å²) in [6.07, 6.45) is 0.487. The zero-order valence-corrected chi connectivity index (χ0v) is 8.66. The number of carboxylic acids is 1. The largest absolute Gasteiger partial charge is 0.481 e. The monoisotopic (exact) mass is 223 g/mol. The van der Waals surface area contributed by atoms with Crippen LogP contribution < -0.4 is 0 Å². The third-order valence-electron chi connectivity index (χ3n) is 1.92. The number of aryl methyl sites for hydroxylation is 1. The lowest BCUT2D eigenvalue weighted by atomic mass is 10.2. The molecule has 4 nitrogen and oxygen atoms in total. The van der Waals surface area contributed by atoms with Gasteiger partial charge in [-0.25, -0.2) is 0 Å². The first-order valence-corrected chi connectivity index (χ1v) is 5.35. The van der Waals surface area contributed by atoms with Gasteiger partial charge in [0.25, 0.3) is 0 Å². The minimum Gasteiger partial charge on any atom is -0.481 e. The zero-order valence-electron chi connectivity index (χ0n) is 7.84. The van der Waals surface area contributed by atoms with Crippen LogP contribution in [0.1, 0.15) is 12.1 Å². The first-order chi connectivity index (χ1) is 7.25. The summed E-state index contributed by atoms with van der Waals surface area (Å²) in [5.74, 6) is -0.124. The molecule has 1 N–H and O–H groups in total. The molecule has 15 heavy (non-hydrogen) atoms. The highest BCUT2D eigenvalue weighted by molar-refractivity contribution is 7.13. The summed E-state index contributed by atoms with van der Waals surface area (Å²) >= 11 is 1.56. The highest BCUT2D eigenvalue weighted by atomic mass is 32.1. The number of aromatic nitrogens is 1. The first kappa shape index (κ1) is 9.92. The molecule has 0 bridgehead atoms. The van der Waals surface area contributed by atoms with Crippen LogP contribution in [-0.2, 0) is 11.2 Å². The Balaban J connectivity index is 2.08. The number of thiophene rings is 1. The van der Waals surface area contributed by atoms with Gasteiger partial charge in [0.15, 0.2) is 5.76 Å². The van der Waals surface area contributed by atoms with Crippen molar-refractivity contribution in [3.05, 3.63) is 29.3 Å². The predicted molar refractivity (Wildman–Crippen MR) is 55.8 cm³/mol. The topological polar surface area (TPSA) is 63.3 Å². The minimum absolute atomic E-state index is 0.0798. The van der Waals surface area contributed by atoms with Gasteiger partial charge in [-0.15, -0.1) is 11.3 Å². The Morgan fingerprint density at radius 1 is 1.60 bits per heavy atom. The summed E-state index contributed by atoms with van der Waals surface area (Å²) < 4.78 is 5.11. The average molecular weight is 223 g/mol. The van der Waals surface area contributed by atoms with Gasteiger partial charge in [0.05, 0.1) is 17.0 Å². The second-order valence-corrected chi connectivity index (χ2v) is 4.00. The maximum Gasteiger partial charge on any atom is 0.303 e. The van der Waals surface area contributed by atoms with Crippen molar-refractivity contribution in [2.75, 3.05) is 0 Å². The molecule has 0 amide bonds. The molecule has 2 heterocycles. The van der Waals surface area contributed by atoms with E-state index in [1.807, 2.05) is 17.5 Å². The van der Waals surface area contributed by atoms with Crippen LogP contribution >= 0.6 is 11.3 Å².